The van der Waals surface area contributed by atoms with Crippen molar-refractivity contribution < 1.29 is 18.9 Å². The molecule has 0 spiro atoms. The molecule has 1 unspecified atom stereocenters. The lowest BCUT2D eigenvalue weighted by Crippen LogP contribution is -1.96. The fourth-order valence-electron chi connectivity index (χ4n) is 1.12. The molecule has 0 amide bonds. The second kappa shape index (κ2) is 5.21. The van der Waals surface area contributed by atoms with E-state index in [1.165, 1.54) is 12.1 Å². The second-order valence-corrected chi connectivity index (χ2v) is 5.17. The van der Waals surface area contributed by atoms with Crippen molar-refractivity contribution in [2.75, 3.05) is 13.3 Å². The molecule has 7 heteroatoms. The highest BCUT2D eigenvalue weighted by Gasteiger charge is 2.09. The fourth-order valence-corrected chi connectivity index (χ4v) is 1.55. The summed E-state index contributed by atoms with van der Waals surface area (Å²) in [6.45, 7) is 1.23. The minimum atomic E-state index is -3.44. The molecule has 0 aliphatic carbocycles. The van der Waals surface area contributed by atoms with Gasteiger partial charge in [-0.2, -0.15) is 0 Å². The van der Waals surface area contributed by atoms with Gasteiger partial charge in [0, 0.05) is 18.8 Å². The molecule has 0 saturated heterocycles. The molecule has 1 N–H and O–H groups in total. The van der Waals surface area contributed by atoms with Crippen LogP contribution in [0.5, 0.6) is 0 Å². The van der Waals surface area contributed by atoms with Crippen molar-refractivity contribution in [3.63, 3.8) is 0 Å². The molecule has 1 rings (SSSR count). The predicted molar refractivity (Wildman–Crippen MR) is 58.5 cm³/mol. The van der Waals surface area contributed by atoms with E-state index in [9.17, 15) is 14.7 Å². The van der Waals surface area contributed by atoms with Gasteiger partial charge in [0.25, 0.3) is 5.69 Å². The third-order valence-corrected chi connectivity index (χ3v) is 2.53. The van der Waals surface area contributed by atoms with E-state index in [4.69, 9.17) is 4.89 Å². The van der Waals surface area contributed by atoms with E-state index in [0.717, 1.165) is 12.2 Å². The van der Waals surface area contributed by atoms with Crippen LogP contribution in [0.3, 0.4) is 0 Å². The summed E-state index contributed by atoms with van der Waals surface area (Å²) in [5.74, 6) is 0. The first-order valence-corrected chi connectivity index (χ1v) is 6.59. The minimum absolute atomic E-state index is 0.0213. The lowest BCUT2D eigenvalue weighted by Gasteiger charge is -2.06. The third kappa shape index (κ3) is 4.53. The van der Waals surface area contributed by atoms with Gasteiger partial charge in [-0.25, -0.2) is 0 Å². The van der Waals surface area contributed by atoms with E-state index in [1.807, 2.05) is 0 Å². The highest BCUT2D eigenvalue weighted by Crippen LogP contribution is 2.36. The molecule has 0 saturated carbocycles. The Balaban J connectivity index is 2.50. The summed E-state index contributed by atoms with van der Waals surface area (Å²) >= 11 is 0. The molecule has 88 valence electrons. The summed E-state index contributed by atoms with van der Waals surface area (Å²) in [5.41, 5.74) is 0.840. The Labute approximate surface area is 92.5 Å². The van der Waals surface area contributed by atoms with Gasteiger partial charge < -0.3 is 9.42 Å². The number of hydrogen-bond donors (Lipinski definition) is 1. The maximum Gasteiger partial charge on any atom is 0.325 e. The minimum Gasteiger partial charge on any atom is -0.324 e. The van der Waals surface area contributed by atoms with Gasteiger partial charge in [-0.15, -0.1) is 0 Å². The lowest BCUT2D eigenvalue weighted by atomic mass is 10.1. The van der Waals surface area contributed by atoms with Crippen LogP contribution in [0.2, 0.25) is 0 Å². The zero-order chi connectivity index (χ0) is 12.2. The quantitative estimate of drug-likeness (QED) is 0.486. The summed E-state index contributed by atoms with van der Waals surface area (Å²) in [4.78, 5) is 18.7. The van der Waals surface area contributed by atoms with Crippen LogP contribution in [0.1, 0.15) is 5.56 Å². The summed E-state index contributed by atoms with van der Waals surface area (Å²) in [6.07, 6.45) is 0.441. The van der Waals surface area contributed by atoms with Crippen molar-refractivity contribution in [1.29, 1.82) is 0 Å². The molecular weight excluding hydrogens is 233 g/mol. The smallest absolute Gasteiger partial charge is 0.324 e. The highest BCUT2D eigenvalue weighted by molar-refractivity contribution is 7.51. The molecule has 0 fully saturated rings. The van der Waals surface area contributed by atoms with Gasteiger partial charge in [0.2, 0.25) is 0 Å². The zero-order valence-electron chi connectivity index (χ0n) is 8.70. The molecule has 0 aliphatic heterocycles. The van der Waals surface area contributed by atoms with Crippen molar-refractivity contribution in [1.82, 2.24) is 0 Å². The molecule has 6 nitrogen and oxygen atoms in total. The standard InChI is InChI=1S/C9H12NO5P/c1-16(13,14)15-7-6-8-2-4-9(5-3-8)10(11)12/h2-5H,6-7H2,1H3,(H,13,14). The van der Waals surface area contributed by atoms with Crippen LogP contribution in [0.4, 0.5) is 5.69 Å². The number of nitro benzene ring substituents is 1. The van der Waals surface area contributed by atoms with Gasteiger partial charge in [0.15, 0.2) is 0 Å². The zero-order valence-corrected chi connectivity index (χ0v) is 9.59. The molecule has 0 bridgehead atoms. The number of non-ortho nitro benzene ring substituents is 1. The van der Waals surface area contributed by atoms with Gasteiger partial charge in [0.1, 0.15) is 0 Å². The van der Waals surface area contributed by atoms with E-state index < -0.39 is 12.5 Å². The molecule has 1 aromatic rings. The first kappa shape index (κ1) is 12.8. The van der Waals surface area contributed by atoms with Crippen molar-refractivity contribution in [3.05, 3.63) is 39.9 Å². The van der Waals surface area contributed by atoms with Crippen molar-refractivity contribution >= 4 is 13.3 Å². The third-order valence-electron chi connectivity index (χ3n) is 1.87. The Kier molecular flexibility index (Phi) is 4.18. The van der Waals surface area contributed by atoms with Crippen LogP contribution in [-0.2, 0) is 15.5 Å². The average molecular weight is 245 g/mol. The van der Waals surface area contributed by atoms with Crippen molar-refractivity contribution in [3.8, 4) is 0 Å². The number of benzene rings is 1. The molecule has 1 aromatic carbocycles. The number of rotatable bonds is 5. The molecule has 0 heterocycles. The van der Waals surface area contributed by atoms with E-state index in [-0.39, 0.29) is 12.3 Å². The van der Waals surface area contributed by atoms with Crippen LogP contribution >= 0.6 is 7.60 Å². The summed E-state index contributed by atoms with van der Waals surface area (Å²) in [7, 11) is -3.44. The Hall–Kier alpha value is -1.23. The first-order chi connectivity index (χ1) is 7.38. The van der Waals surface area contributed by atoms with E-state index in [0.29, 0.717) is 6.42 Å². The van der Waals surface area contributed by atoms with E-state index in [1.54, 1.807) is 12.1 Å². The molecule has 0 aromatic heterocycles. The van der Waals surface area contributed by atoms with Gasteiger partial charge >= 0.3 is 7.60 Å². The van der Waals surface area contributed by atoms with Crippen molar-refractivity contribution in [2.45, 2.75) is 6.42 Å². The Morgan fingerprint density at radius 2 is 2.00 bits per heavy atom. The second-order valence-electron chi connectivity index (χ2n) is 3.31. The largest absolute Gasteiger partial charge is 0.325 e. The predicted octanol–water partition coefficient (Wildman–Crippen LogP) is 1.97. The maximum atomic E-state index is 10.8. The van der Waals surface area contributed by atoms with Crippen LogP contribution in [0, 0.1) is 10.1 Å². The summed E-state index contributed by atoms with van der Waals surface area (Å²) in [5, 5.41) is 10.4. The summed E-state index contributed by atoms with van der Waals surface area (Å²) < 4.78 is 15.5. The fraction of sp³-hybridized carbons (Fsp3) is 0.333. The highest BCUT2D eigenvalue weighted by atomic mass is 31.2. The monoisotopic (exact) mass is 245 g/mol. The molecule has 0 radical (unpaired) electrons. The van der Waals surface area contributed by atoms with Gasteiger partial charge in [-0.3, -0.25) is 14.7 Å². The molecule has 16 heavy (non-hydrogen) atoms. The first-order valence-electron chi connectivity index (χ1n) is 4.56. The van der Waals surface area contributed by atoms with Gasteiger partial charge in [0.05, 0.1) is 11.5 Å². The normalized spacial score (nSPS) is 14.4. The van der Waals surface area contributed by atoms with Crippen LogP contribution in [0.15, 0.2) is 24.3 Å². The summed E-state index contributed by atoms with van der Waals surface area (Å²) in [6, 6.07) is 5.97. The molecular formula is C9H12NO5P. The Morgan fingerprint density at radius 3 is 2.44 bits per heavy atom. The van der Waals surface area contributed by atoms with Crippen LogP contribution in [0.25, 0.3) is 0 Å². The Morgan fingerprint density at radius 1 is 1.44 bits per heavy atom. The number of nitrogens with zero attached hydrogens (tertiary/aromatic N) is 1. The average Bonchev–Trinajstić information content (AvgIpc) is 2.16. The molecule has 0 aliphatic rings. The van der Waals surface area contributed by atoms with Gasteiger partial charge in [-0.1, -0.05) is 12.1 Å². The number of nitro groups is 1. The molecule has 1 atom stereocenters. The van der Waals surface area contributed by atoms with Gasteiger partial charge in [-0.05, 0) is 12.0 Å². The number of hydrogen-bond acceptors (Lipinski definition) is 4. The van der Waals surface area contributed by atoms with E-state index >= 15 is 0 Å². The SMILES string of the molecule is CP(=O)(O)OCCc1ccc([N+](=O)[O-])cc1. The maximum absolute atomic E-state index is 10.8. The van der Waals surface area contributed by atoms with Crippen LogP contribution < -0.4 is 0 Å². The van der Waals surface area contributed by atoms with E-state index in [2.05, 4.69) is 4.52 Å². The van der Waals surface area contributed by atoms with Crippen LogP contribution in [-0.4, -0.2) is 23.1 Å². The lowest BCUT2D eigenvalue weighted by molar-refractivity contribution is -0.384. The Bertz CT molecular complexity index is 410. The topological polar surface area (TPSA) is 89.7 Å². The van der Waals surface area contributed by atoms with Crippen molar-refractivity contribution in [2.24, 2.45) is 0 Å².